The number of nitrogens with zero attached hydrogens (tertiary/aromatic N) is 3. The van der Waals surface area contributed by atoms with Gasteiger partial charge in [-0.25, -0.2) is 4.98 Å². The molecule has 1 aliphatic heterocycles. The average Bonchev–Trinajstić information content (AvgIpc) is 2.77. The van der Waals surface area contributed by atoms with Gasteiger partial charge in [0.05, 0.1) is 29.2 Å². The summed E-state index contributed by atoms with van der Waals surface area (Å²) >= 11 is 5.63. The van der Waals surface area contributed by atoms with Crippen LogP contribution in [0.3, 0.4) is 0 Å². The highest BCUT2D eigenvalue weighted by Gasteiger charge is 2.24. The van der Waals surface area contributed by atoms with E-state index < -0.39 is 0 Å². The predicted octanol–water partition coefficient (Wildman–Crippen LogP) is 2.67. The summed E-state index contributed by atoms with van der Waals surface area (Å²) in [6.07, 6.45) is 3.46. The Bertz CT molecular complexity index is 675. The van der Waals surface area contributed by atoms with Gasteiger partial charge < -0.3 is 9.47 Å². The highest BCUT2D eigenvalue weighted by molar-refractivity contribution is 6.27. The zero-order chi connectivity index (χ0) is 13.4. The van der Waals surface area contributed by atoms with Gasteiger partial charge in [-0.2, -0.15) is 0 Å². The molecule has 1 aromatic heterocycles. The van der Waals surface area contributed by atoms with Gasteiger partial charge in [-0.05, 0) is 18.2 Å². The second-order valence-electron chi connectivity index (χ2n) is 4.42. The number of benzene rings is 1. The van der Waals surface area contributed by atoms with E-state index >= 15 is 0 Å². The Morgan fingerprint density at radius 2 is 2.16 bits per heavy atom. The van der Waals surface area contributed by atoms with Crippen LogP contribution in [0.1, 0.15) is 21.7 Å². The summed E-state index contributed by atoms with van der Waals surface area (Å²) in [5.74, 6) is 0.0140. The van der Waals surface area contributed by atoms with Crippen LogP contribution in [-0.4, -0.2) is 27.4 Å². The van der Waals surface area contributed by atoms with Crippen molar-refractivity contribution >= 4 is 23.6 Å². The zero-order valence-corrected chi connectivity index (χ0v) is 11.1. The van der Waals surface area contributed by atoms with Gasteiger partial charge in [-0.15, -0.1) is 0 Å². The molecule has 0 spiro atoms. The van der Waals surface area contributed by atoms with E-state index in [0.717, 1.165) is 17.1 Å². The lowest BCUT2D eigenvalue weighted by molar-refractivity contribution is 0.0788. The first-order valence-electron chi connectivity index (χ1n) is 5.90. The Morgan fingerprint density at radius 1 is 1.37 bits per heavy atom. The van der Waals surface area contributed by atoms with E-state index in [1.165, 1.54) is 5.54 Å². The minimum Gasteiger partial charge on any atom is -0.336 e. The van der Waals surface area contributed by atoms with Crippen LogP contribution in [-0.2, 0) is 6.54 Å². The van der Waals surface area contributed by atoms with E-state index in [-0.39, 0.29) is 5.91 Å². The molecule has 3 rings (SSSR count). The van der Waals surface area contributed by atoms with Crippen LogP contribution in [0.15, 0.2) is 36.1 Å². The molecular weight excluding hydrogens is 262 g/mol. The van der Waals surface area contributed by atoms with Crippen LogP contribution in [0.4, 0.5) is 0 Å². The number of aromatic nitrogens is 2. The van der Waals surface area contributed by atoms with Crippen molar-refractivity contribution in [1.29, 1.82) is 0 Å². The topological polar surface area (TPSA) is 38.1 Å². The molecule has 0 N–H and O–H groups in total. The number of fused-ring (bicyclic) bond motifs is 3. The Balaban J connectivity index is 2.28. The van der Waals surface area contributed by atoms with Crippen LogP contribution in [0.2, 0.25) is 0 Å². The van der Waals surface area contributed by atoms with Crippen molar-refractivity contribution in [3.8, 4) is 5.69 Å². The third-order valence-corrected chi connectivity index (χ3v) is 3.37. The van der Waals surface area contributed by atoms with Crippen molar-refractivity contribution < 1.29 is 4.79 Å². The van der Waals surface area contributed by atoms with Gasteiger partial charge in [0, 0.05) is 12.6 Å². The number of rotatable bonds is 1. The number of para-hydroxylation sites is 1. The molecule has 1 aromatic carbocycles. The zero-order valence-electron chi connectivity index (χ0n) is 10.4. The lowest BCUT2D eigenvalue weighted by atomic mass is 10.1. The summed E-state index contributed by atoms with van der Waals surface area (Å²) in [6, 6.07) is 7.54. The molecule has 0 aliphatic carbocycles. The standard InChI is InChI=1S/C14H12ClN3O/c1-17-8-13-11(6-7-15)16-9-18(13)12-5-3-2-4-10(12)14(17)19/h2-7,9H,8H2,1H3/b7-6-. The Morgan fingerprint density at radius 3 is 2.95 bits per heavy atom. The van der Waals surface area contributed by atoms with Crippen LogP contribution < -0.4 is 0 Å². The fourth-order valence-corrected chi connectivity index (χ4v) is 2.44. The summed E-state index contributed by atoms with van der Waals surface area (Å²) < 4.78 is 1.95. The first-order valence-corrected chi connectivity index (χ1v) is 6.34. The van der Waals surface area contributed by atoms with Crippen molar-refractivity contribution in [3.05, 3.63) is 53.1 Å². The van der Waals surface area contributed by atoms with Gasteiger partial charge in [-0.3, -0.25) is 4.79 Å². The normalized spacial score (nSPS) is 14.4. The largest absolute Gasteiger partial charge is 0.336 e. The molecule has 5 heteroatoms. The van der Waals surface area contributed by atoms with E-state index in [9.17, 15) is 4.79 Å². The maximum atomic E-state index is 12.3. The maximum absolute atomic E-state index is 12.3. The molecule has 0 bridgehead atoms. The van der Waals surface area contributed by atoms with Crippen LogP contribution >= 0.6 is 11.6 Å². The molecular formula is C14H12ClN3O. The minimum atomic E-state index is 0.0140. The predicted molar refractivity (Wildman–Crippen MR) is 74.2 cm³/mol. The molecule has 0 radical (unpaired) electrons. The molecule has 4 nitrogen and oxygen atoms in total. The Labute approximate surface area is 115 Å². The molecule has 0 saturated carbocycles. The number of hydrogen-bond donors (Lipinski definition) is 0. The summed E-state index contributed by atoms with van der Waals surface area (Å²) in [7, 11) is 1.79. The monoisotopic (exact) mass is 273 g/mol. The van der Waals surface area contributed by atoms with Crippen molar-refractivity contribution in [1.82, 2.24) is 14.5 Å². The maximum Gasteiger partial charge on any atom is 0.256 e. The smallest absolute Gasteiger partial charge is 0.256 e. The quantitative estimate of drug-likeness (QED) is 0.801. The average molecular weight is 274 g/mol. The van der Waals surface area contributed by atoms with E-state index in [1.54, 1.807) is 24.4 Å². The SMILES string of the molecule is CN1Cc2c(/C=C\Cl)ncn2-c2ccccc2C1=O. The van der Waals surface area contributed by atoms with Crippen molar-refractivity contribution in [3.63, 3.8) is 0 Å². The Kier molecular flexibility index (Phi) is 2.87. The molecule has 2 aromatic rings. The third kappa shape index (κ3) is 1.85. The summed E-state index contributed by atoms with van der Waals surface area (Å²) in [5.41, 5.74) is 4.71. The minimum absolute atomic E-state index is 0.0140. The number of imidazole rings is 1. The summed E-state index contributed by atoms with van der Waals surface area (Å²) in [4.78, 5) is 18.3. The molecule has 96 valence electrons. The first-order chi connectivity index (χ1) is 9.22. The molecule has 0 saturated heterocycles. The lowest BCUT2D eigenvalue weighted by Gasteiger charge is -2.14. The third-order valence-electron chi connectivity index (χ3n) is 3.25. The van der Waals surface area contributed by atoms with Crippen LogP contribution in [0, 0.1) is 0 Å². The number of carbonyl (C=O) groups excluding carboxylic acids is 1. The Hall–Kier alpha value is -2.07. The van der Waals surface area contributed by atoms with Gasteiger partial charge in [0.25, 0.3) is 5.91 Å². The van der Waals surface area contributed by atoms with Gasteiger partial charge >= 0.3 is 0 Å². The molecule has 2 heterocycles. The number of halogens is 1. The van der Waals surface area contributed by atoms with Crippen molar-refractivity contribution in [2.75, 3.05) is 7.05 Å². The second-order valence-corrected chi connectivity index (χ2v) is 4.67. The summed E-state index contributed by atoms with van der Waals surface area (Å²) in [5, 5.41) is 0. The fourth-order valence-electron chi connectivity index (χ4n) is 2.32. The second kappa shape index (κ2) is 4.55. The lowest BCUT2D eigenvalue weighted by Crippen LogP contribution is -2.25. The van der Waals surface area contributed by atoms with Gasteiger partial charge in [0.1, 0.15) is 6.33 Å². The van der Waals surface area contributed by atoms with E-state index in [4.69, 9.17) is 11.6 Å². The fraction of sp³-hybridized carbons (Fsp3) is 0.143. The van der Waals surface area contributed by atoms with E-state index in [2.05, 4.69) is 4.98 Å². The molecule has 19 heavy (non-hydrogen) atoms. The molecule has 1 amide bonds. The molecule has 1 aliphatic rings. The van der Waals surface area contributed by atoms with Crippen molar-refractivity contribution in [2.45, 2.75) is 6.54 Å². The first kappa shape index (κ1) is 12.0. The van der Waals surface area contributed by atoms with E-state index in [1.807, 2.05) is 28.8 Å². The number of carbonyl (C=O) groups is 1. The van der Waals surface area contributed by atoms with Gasteiger partial charge in [0.2, 0.25) is 0 Å². The molecule has 0 atom stereocenters. The molecule has 0 fully saturated rings. The van der Waals surface area contributed by atoms with Gasteiger partial charge in [-0.1, -0.05) is 23.7 Å². The van der Waals surface area contributed by atoms with Gasteiger partial charge in [0.15, 0.2) is 0 Å². The molecule has 0 unspecified atom stereocenters. The van der Waals surface area contributed by atoms with E-state index in [0.29, 0.717) is 12.1 Å². The highest BCUT2D eigenvalue weighted by atomic mass is 35.5. The summed E-state index contributed by atoms with van der Waals surface area (Å²) in [6.45, 7) is 0.504. The van der Waals surface area contributed by atoms with Crippen LogP contribution in [0.5, 0.6) is 0 Å². The highest BCUT2D eigenvalue weighted by Crippen LogP contribution is 2.25. The number of hydrogen-bond acceptors (Lipinski definition) is 2. The van der Waals surface area contributed by atoms with Crippen molar-refractivity contribution in [2.24, 2.45) is 0 Å². The number of amides is 1. The van der Waals surface area contributed by atoms with Crippen LogP contribution in [0.25, 0.3) is 11.8 Å².